The Morgan fingerprint density at radius 3 is 2.75 bits per heavy atom. The van der Waals surface area contributed by atoms with Gasteiger partial charge in [-0.15, -0.1) is 0 Å². The van der Waals surface area contributed by atoms with Crippen LogP contribution < -0.4 is 10.5 Å². The van der Waals surface area contributed by atoms with Crippen molar-refractivity contribution in [2.45, 2.75) is 20.4 Å². The molecule has 0 aliphatic carbocycles. The molecule has 0 aliphatic rings. The summed E-state index contributed by atoms with van der Waals surface area (Å²) in [6.07, 6.45) is 0. The highest BCUT2D eigenvalue weighted by atomic mass is 16.5. The lowest BCUT2D eigenvalue weighted by Gasteiger charge is -2.08. The van der Waals surface area contributed by atoms with E-state index in [2.05, 4.69) is 21.9 Å². The smallest absolute Gasteiger partial charge is 0.147 e. The van der Waals surface area contributed by atoms with E-state index in [4.69, 9.17) is 10.5 Å². The van der Waals surface area contributed by atoms with Gasteiger partial charge < -0.3 is 10.5 Å². The molecule has 0 radical (unpaired) electrons. The Bertz CT molecular complexity index is 664. The van der Waals surface area contributed by atoms with E-state index in [0.717, 1.165) is 28.5 Å². The van der Waals surface area contributed by atoms with Gasteiger partial charge in [0.1, 0.15) is 17.4 Å². The van der Waals surface area contributed by atoms with Gasteiger partial charge in [0, 0.05) is 5.56 Å². The van der Waals surface area contributed by atoms with Gasteiger partial charge in [0.25, 0.3) is 0 Å². The van der Waals surface area contributed by atoms with E-state index in [0.29, 0.717) is 13.1 Å². The van der Waals surface area contributed by atoms with E-state index in [-0.39, 0.29) is 0 Å². The zero-order chi connectivity index (χ0) is 14.5. The molecule has 1 heterocycles. The molecule has 0 atom stereocenters. The predicted octanol–water partition coefficient (Wildman–Crippen LogP) is 1.26. The average molecular weight is 270 g/mol. The summed E-state index contributed by atoms with van der Waals surface area (Å²) in [5, 5.41) is 4.37. The molecule has 5 heteroatoms. The number of aryl methyl sites for hydroxylation is 2. The monoisotopic (exact) mass is 270 g/mol. The highest BCUT2D eigenvalue weighted by molar-refractivity contribution is 5.45. The fourth-order valence-corrected chi connectivity index (χ4v) is 1.97. The van der Waals surface area contributed by atoms with Crippen LogP contribution in [-0.4, -0.2) is 28.4 Å². The molecule has 0 saturated carbocycles. The van der Waals surface area contributed by atoms with Gasteiger partial charge in [0.05, 0.1) is 20.2 Å². The van der Waals surface area contributed by atoms with Crippen molar-refractivity contribution in [3.8, 4) is 17.6 Å². The molecule has 0 amide bonds. The molecule has 0 spiro atoms. The van der Waals surface area contributed by atoms with Crippen LogP contribution in [-0.2, 0) is 6.54 Å². The van der Waals surface area contributed by atoms with Gasteiger partial charge in [-0.3, -0.25) is 0 Å². The minimum Gasteiger partial charge on any atom is -0.497 e. The van der Waals surface area contributed by atoms with Gasteiger partial charge in [0.15, 0.2) is 0 Å². The molecule has 5 nitrogen and oxygen atoms in total. The van der Waals surface area contributed by atoms with Crippen molar-refractivity contribution < 1.29 is 4.74 Å². The van der Waals surface area contributed by atoms with Crippen molar-refractivity contribution in [1.29, 1.82) is 0 Å². The lowest BCUT2D eigenvalue weighted by Crippen LogP contribution is -2.06. The predicted molar refractivity (Wildman–Crippen MR) is 77.5 cm³/mol. The highest BCUT2D eigenvalue weighted by Gasteiger charge is 2.08. The van der Waals surface area contributed by atoms with Crippen molar-refractivity contribution in [2.24, 2.45) is 5.73 Å². The first-order valence-electron chi connectivity index (χ1n) is 6.38. The number of hydrogen-bond donors (Lipinski definition) is 1. The van der Waals surface area contributed by atoms with E-state index in [1.165, 1.54) is 0 Å². The van der Waals surface area contributed by atoms with Crippen LogP contribution in [0.2, 0.25) is 0 Å². The zero-order valence-corrected chi connectivity index (χ0v) is 12.0. The summed E-state index contributed by atoms with van der Waals surface area (Å²) in [5.74, 6) is 8.40. The van der Waals surface area contributed by atoms with E-state index in [1.807, 2.05) is 36.7 Å². The number of nitrogens with two attached hydrogens (primary N) is 1. The molecule has 0 saturated heterocycles. The largest absolute Gasteiger partial charge is 0.497 e. The number of aromatic nitrogens is 3. The SMILES string of the molecule is COc1ccc(C#CCN)c(Cn2nc(C)nc2C)c1. The van der Waals surface area contributed by atoms with Crippen molar-refractivity contribution in [3.63, 3.8) is 0 Å². The summed E-state index contributed by atoms with van der Waals surface area (Å²) in [5.41, 5.74) is 7.41. The number of nitrogens with zero attached hydrogens (tertiary/aromatic N) is 3. The van der Waals surface area contributed by atoms with Crippen LogP contribution in [0.15, 0.2) is 18.2 Å². The van der Waals surface area contributed by atoms with E-state index in [1.54, 1.807) is 7.11 Å². The zero-order valence-electron chi connectivity index (χ0n) is 12.0. The molecule has 2 aromatic rings. The minimum atomic E-state index is 0.340. The Hall–Kier alpha value is -2.32. The molecule has 0 unspecified atom stereocenters. The lowest BCUT2D eigenvalue weighted by atomic mass is 10.1. The van der Waals surface area contributed by atoms with Crippen LogP contribution in [0.5, 0.6) is 5.75 Å². The maximum absolute atomic E-state index is 5.44. The summed E-state index contributed by atoms with van der Waals surface area (Å²) in [6, 6.07) is 5.80. The molecule has 20 heavy (non-hydrogen) atoms. The minimum absolute atomic E-state index is 0.340. The molecule has 0 bridgehead atoms. The molecule has 0 fully saturated rings. The van der Waals surface area contributed by atoms with Gasteiger partial charge >= 0.3 is 0 Å². The number of benzene rings is 1. The first kappa shape index (κ1) is 14.1. The molecular weight excluding hydrogens is 252 g/mol. The summed E-state index contributed by atoms with van der Waals surface area (Å²) >= 11 is 0. The Labute approximate surface area is 118 Å². The standard InChI is InChI=1S/C15H18N4O/c1-11-17-12(2)19(18-11)10-14-9-15(20-3)7-6-13(14)5-4-8-16/h6-7,9H,8,10,16H2,1-3H3. The number of ether oxygens (including phenoxy) is 1. The molecule has 1 aromatic carbocycles. The van der Waals surface area contributed by atoms with E-state index >= 15 is 0 Å². The lowest BCUT2D eigenvalue weighted by molar-refractivity contribution is 0.414. The second-order valence-corrected chi connectivity index (χ2v) is 4.39. The number of methoxy groups -OCH3 is 1. The van der Waals surface area contributed by atoms with Crippen LogP contribution in [0.3, 0.4) is 0 Å². The van der Waals surface area contributed by atoms with Gasteiger partial charge in [-0.05, 0) is 37.6 Å². The van der Waals surface area contributed by atoms with Crippen LogP contribution in [0.25, 0.3) is 0 Å². The fourth-order valence-electron chi connectivity index (χ4n) is 1.97. The number of hydrogen-bond acceptors (Lipinski definition) is 4. The summed E-state index contributed by atoms with van der Waals surface area (Å²) < 4.78 is 7.13. The van der Waals surface area contributed by atoms with E-state index in [9.17, 15) is 0 Å². The third-order valence-electron chi connectivity index (χ3n) is 2.92. The van der Waals surface area contributed by atoms with Crippen molar-refractivity contribution >= 4 is 0 Å². The normalized spacial score (nSPS) is 10.0. The summed E-state index contributed by atoms with van der Waals surface area (Å²) in [4.78, 5) is 4.31. The van der Waals surface area contributed by atoms with Crippen LogP contribution >= 0.6 is 0 Å². The molecule has 104 valence electrons. The third-order valence-corrected chi connectivity index (χ3v) is 2.92. The summed E-state index contributed by atoms with van der Waals surface area (Å²) in [7, 11) is 1.65. The third kappa shape index (κ3) is 3.16. The second-order valence-electron chi connectivity index (χ2n) is 4.39. The Kier molecular flexibility index (Phi) is 4.38. The molecule has 2 rings (SSSR count). The molecule has 0 aliphatic heterocycles. The molecular formula is C15H18N4O. The van der Waals surface area contributed by atoms with Gasteiger partial charge in [-0.1, -0.05) is 11.8 Å². The maximum atomic E-state index is 5.44. The van der Waals surface area contributed by atoms with E-state index < -0.39 is 0 Å². The van der Waals surface area contributed by atoms with Gasteiger partial charge in [-0.2, -0.15) is 5.10 Å². The van der Waals surface area contributed by atoms with Gasteiger partial charge in [0.2, 0.25) is 0 Å². The molecule has 1 aromatic heterocycles. The van der Waals surface area contributed by atoms with Crippen molar-refractivity contribution in [2.75, 3.05) is 13.7 Å². The first-order chi connectivity index (χ1) is 9.63. The Morgan fingerprint density at radius 1 is 1.35 bits per heavy atom. The summed E-state index contributed by atoms with van der Waals surface area (Å²) in [6.45, 7) is 4.76. The number of rotatable bonds is 3. The topological polar surface area (TPSA) is 66.0 Å². The van der Waals surface area contributed by atoms with Crippen molar-refractivity contribution in [1.82, 2.24) is 14.8 Å². The Morgan fingerprint density at radius 2 is 2.15 bits per heavy atom. The Balaban J connectivity index is 2.39. The quantitative estimate of drug-likeness (QED) is 0.853. The highest BCUT2D eigenvalue weighted by Crippen LogP contribution is 2.18. The van der Waals surface area contributed by atoms with Crippen molar-refractivity contribution in [3.05, 3.63) is 41.0 Å². The van der Waals surface area contributed by atoms with Gasteiger partial charge in [-0.25, -0.2) is 9.67 Å². The first-order valence-corrected chi connectivity index (χ1v) is 6.38. The average Bonchev–Trinajstić information content (AvgIpc) is 2.75. The maximum Gasteiger partial charge on any atom is 0.147 e. The second kappa shape index (κ2) is 6.22. The van der Waals surface area contributed by atoms with Crippen LogP contribution in [0.4, 0.5) is 0 Å². The molecule has 2 N–H and O–H groups in total. The van der Waals surface area contributed by atoms with Crippen LogP contribution in [0.1, 0.15) is 22.8 Å². The fraction of sp³-hybridized carbons (Fsp3) is 0.333. The van der Waals surface area contributed by atoms with Crippen LogP contribution in [0, 0.1) is 25.7 Å².